The quantitative estimate of drug-likeness (QED) is 0.373. The lowest BCUT2D eigenvalue weighted by Crippen LogP contribution is -2.51. The molecule has 0 saturated heterocycles. The number of aryl methyl sites for hydroxylation is 1. The van der Waals surface area contributed by atoms with Gasteiger partial charge in [0.15, 0.2) is 0 Å². The number of amides is 2. The molecule has 0 spiro atoms. The van der Waals surface area contributed by atoms with Gasteiger partial charge in [-0.25, -0.2) is 8.42 Å². The van der Waals surface area contributed by atoms with E-state index >= 15 is 0 Å². The van der Waals surface area contributed by atoms with Crippen LogP contribution in [0.2, 0.25) is 5.02 Å². The van der Waals surface area contributed by atoms with E-state index in [0.29, 0.717) is 30.1 Å². The minimum absolute atomic E-state index is 0.113. The summed E-state index contributed by atoms with van der Waals surface area (Å²) in [7, 11) is -3.57. The predicted molar refractivity (Wildman–Crippen MR) is 154 cm³/mol. The lowest BCUT2D eigenvalue weighted by Gasteiger charge is -2.33. The first-order chi connectivity index (χ1) is 18.1. The summed E-state index contributed by atoms with van der Waals surface area (Å²) in [4.78, 5) is 28.7. The molecule has 9 heteroatoms. The number of anilines is 1. The van der Waals surface area contributed by atoms with Crippen molar-refractivity contribution in [2.45, 2.75) is 83.8 Å². The number of sulfonamides is 1. The fraction of sp³-hybridized carbons (Fsp3) is 0.517. The van der Waals surface area contributed by atoms with E-state index in [1.54, 1.807) is 29.2 Å². The van der Waals surface area contributed by atoms with E-state index in [1.165, 1.54) is 10.7 Å². The summed E-state index contributed by atoms with van der Waals surface area (Å²) in [6.45, 7) is 4.38. The Morgan fingerprint density at radius 1 is 1.08 bits per heavy atom. The number of hydrogen-bond acceptors (Lipinski definition) is 4. The molecule has 2 amide bonds. The number of benzene rings is 2. The molecule has 0 bridgehead atoms. The van der Waals surface area contributed by atoms with Gasteiger partial charge in [0, 0.05) is 30.6 Å². The van der Waals surface area contributed by atoms with Crippen LogP contribution in [0.1, 0.15) is 69.4 Å². The van der Waals surface area contributed by atoms with Crippen LogP contribution in [0.4, 0.5) is 5.69 Å². The van der Waals surface area contributed by atoms with Crippen molar-refractivity contribution < 1.29 is 18.0 Å². The highest BCUT2D eigenvalue weighted by Crippen LogP contribution is 2.24. The Morgan fingerprint density at radius 3 is 2.42 bits per heavy atom. The smallest absolute Gasteiger partial charge is 0.243 e. The molecule has 1 saturated carbocycles. The molecular weight excluding hydrogens is 522 g/mol. The Kier molecular flexibility index (Phi) is 11.0. The summed E-state index contributed by atoms with van der Waals surface area (Å²) in [5, 5.41) is 3.63. The average molecular weight is 562 g/mol. The molecule has 7 nitrogen and oxygen atoms in total. The van der Waals surface area contributed by atoms with Crippen LogP contribution in [0, 0.1) is 6.92 Å². The zero-order chi connectivity index (χ0) is 27.7. The van der Waals surface area contributed by atoms with Crippen molar-refractivity contribution in [1.29, 1.82) is 0 Å². The van der Waals surface area contributed by atoms with Gasteiger partial charge in [-0.15, -0.1) is 0 Å². The van der Waals surface area contributed by atoms with Gasteiger partial charge in [-0.2, -0.15) is 0 Å². The van der Waals surface area contributed by atoms with Gasteiger partial charge < -0.3 is 10.2 Å². The summed E-state index contributed by atoms with van der Waals surface area (Å²) >= 11 is 6.08. The number of nitrogens with one attached hydrogen (secondary N) is 1. The summed E-state index contributed by atoms with van der Waals surface area (Å²) < 4.78 is 26.3. The number of hydrogen-bond donors (Lipinski definition) is 1. The Balaban J connectivity index is 1.76. The Labute approximate surface area is 232 Å². The highest BCUT2D eigenvalue weighted by Gasteiger charge is 2.30. The zero-order valence-electron chi connectivity index (χ0n) is 22.7. The van der Waals surface area contributed by atoms with E-state index in [0.717, 1.165) is 43.1 Å². The third-order valence-electron chi connectivity index (χ3n) is 7.19. The van der Waals surface area contributed by atoms with E-state index in [2.05, 4.69) is 5.32 Å². The predicted octanol–water partition coefficient (Wildman–Crippen LogP) is 5.45. The third-order valence-corrected chi connectivity index (χ3v) is 8.62. The second-order valence-corrected chi connectivity index (χ2v) is 12.5. The molecule has 1 fully saturated rings. The van der Waals surface area contributed by atoms with Gasteiger partial charge >= 0.3 is 0 Å². The van der Waals surface area contributed by atoms with Crippen LogP contribution in [0.3, 0.4) is 0 Å². The van der Waals surface area contributed by atoms with E-state index in [1.807, 2.05) is 38.1 Å². The average Bonchev–Trinajstić information content (AvgIpc) is 2.87. The normalized spacial score (nSPS) is 15.1. The van der Waals surface area contributed by atoms with Gasteiger partial charge in [-0.3, -0.25) is 13.9 Å². The molecule has 0 heterocycles. The number of halogens is 1. The Hall–Kier alpha value is -2.58. The molecule has 0 unspecified atom stereocenters. The first kappa shape index (κ1) is 30.0. The van der Waals surface area contributed by atoms with Crippen LogP contribution in [0.5, 0.6) is 0 Å². The van der Waals surface area contributed by atoms with E-state index < -0.39 is 16.1 Å². The molecule has 3 rings (SSSR count). The molecule has 2 aromatic carbocycles. The first-order valence-corrected chi connectivity index (χ1v) is 15.7. The van der Waals surface area contributed by atoms with Crippen LogP contribution in [0.15, 0.2) is 48.5 Å². The minimum atomic E-state index is -3.57. The van der Waals surface area contributed by atoms with Gasteiger partial charge in [0.1, 0.15) is 6.04 Å². The molecule has 0 radical (unpaired) electrons. The van der Waals surface area contributed by atoms with Gasteiger partial charge in [0.2, 0.25) is 21.8 Å². The fourth-order valence-electron chi connectivity index (χ4n) is 5.07. The standard InChI is InChI=1S/C29H40ClN3O4S/c1-4-27(29(35)31-25-15-6-5-7-16-25)32(21-23-13-9-8-12-22(23)2)28(34)18-11-19-33(38(3,36)37)26-17-10-14-24(30)20-26/h8-10,12-14,17,20,25,27H,4-7,11,15-16,18-19,21H2,1-3H3,(H,31,35)/t27-/m1/s1. The Bertz CT molecular complexity index is 1200. The van der Waals surface area contributed by atoms with Gasteiger partial charge in [0.25, 0.3) is 0 Å². The summed E-state index contributed by atoms with van der Waals surface area (Å²) in [6, 6.07) is 14.1. The summed E-state index contributed by atoms with van der Waals surface area (Å²) in [6.07, 6.45) is 7.42. The fourth-order valence-corrected chi connectivity index (χ4v) is 6.21. The molecule has 0 aromatic heterocycles. The second kappa shape index (κ2) is 14.0. The van der Waals surface area contributed by atoms with Crippen molar-refractivity contribution in [2.24, 2.45) is 0 Å². The van der Waals surface area contributed by atoms with E-state index in [9.17, 15) is 18.0 Å². The zero-order valence-corrected chi connectivity index (χ0v) is 24.2. The van der Waals surface area contributed by atoms with Crippen molar-refractivity contribution in [3.05, 3.63) is 64.7 Å². The number of carbonyl (C=O) groups is 2. The highest BCUT2D eigenvalue weighted by molar-refractivity contribution is 7.92. The minimum Gasteiger partial charge on any atom is -0.352 e. The maximum absolute atomic E-state index is 13.6. The third kappa shape index (κ3) is 8.46. The lowest BCUT2D eigenvalue weighted by atomic mass is 9.95. The van der Waals surface area contributed by atoms with Crippen LogP contribution in [-0.4, -0.2) is 50.0 Å². The van der Waals surface area contributed by atoms with Crippen LogP contribution in [-0.2, 0) is 26.2 Å². The Morgan fingerprint density at radius 2 is 1.79 bits per heavy atom. The van der Waals surface area contributed by atoms with Crippen molar-refractivity contribution in [3.63, 3.8) is 0 Å². The maximum atomic E-state index is 13.6. The van der Waals surface area contributed by atoms with Crippen molar-refractivity contribution >= 4 is 39.1 Å². The number of nitrogens with zero attached hydrogens (tertiary/aromatic N) is 2. The summed E-state index contributed by atoms with van der Waals surface area (Å²) in [5.74, 6) is -0.281. The molecule has 1 aliphatic rings. The first-order valence-electron chi connectivity index (χ1n) is 13.5. The largest absolute Gasteiger partial charge is 0.352 e. The lowest BCUT2D eigenvalue weighted by molar-refractivity contribution is -0.141. The molecule has 208 valence electrons. The van der Waals surface area contributed by atoms with Crippen LogP contribution < -0.4 is 9.62 Å². The van der Waals surface area contributed by atoms with Crippen molar-refractivity contribution in [1.82, 2.24) is 10.2 Å². The number of carbonyl (C=O) groups excluding carboxylic acids is 2. The maximum Gasteiger partial charge on any atom is 0.243 e. The number of rotatable bonds is 12. The van der Waals surface area contributed by atoms with Crippen LogP contribution >= 0.6 is 11.6 Å². The highest BCUT2D eigenvalue weighted by atomic mass is 35.5. The topological polar surface area (TPSA) is 86.8 Å². The van der Waals surface area contributed by atoms with Gasteiger partial charge in [0.05, 0.1) is 11.9 Å². The molecule has 1 atom stereocenters. The SMILES string of the molecule is CC[C@H](C(=O)NC1CCCCC1)N(Cc1ccccc1C)C(=O)CCCN(c1cccc(Cl)c1)S(C)(=O)=O. The second-order valence-electron chi connectivity index (χ2n) is 10.1. The van der Waals surface area contributed by atoms with E-state index in [4.69, 9.17) is 11.6 Å². The van der Waals surface area contributed by atoms with Crippen molar-refractivity contribution in [2.75, 3.05) is 17.1 Å². The molecule has 38 heavy (non-hydrogen) atoms. The van der Waals surface area contributed by atoms with Crippen LogP contribution in [0.25, 0.3) is 0 Å². The molecular formula is C29H40ClN3O4S. The molecule has 1 N–H and O–H groups in total. The molecule has 2 aromatic rings. The molecule has 1 aliphatic carbocycles. The van der Waals surface area contributed by atoms with Gasteiger partial charge in [-0.05, 0) is 61.9 Å². The van der Waals surface area contributed by atoms with E-state index in [-0.39, 0.29) is 30.8 Å². The van der Waals surface area contributed by atoms with Gasteiger partial charge in [-0.1, -0.05) is 68.1 Å². The summed E-state index contributed by atoms with van der Waals surface area (Å²) in [5.41, 5.74) is 2.50. The van der Waals surface area contributed by atoms with Crippen molar-refractivity contribution in [3.8, 4) is 0 Å². The molecule has 0 aliphatic heterocycles. The monoisotopic (exact) mass is 561 g/mol.